The van der Waals surface area contributed by atoms with Gasteiger partial charge in [0.1, 0.15) is 0 Å². The fourth-order valence-corrected chi connectivity index (χ4v) is 7.83. The van der Waals surface area contributed by atoms with Gasteiger partial charge < -0.3 is 0 Å². The molecular weight excluding hydrogens is 548 g/mol. The number of carbonyl (C=O) groups excluding carboxylic acids is 3. The van der Waals surface area contributed by atoms with Gasteiger partial charge in [0.15, 0.2) is 0 Å². The van der Waals surface area contributed by atoms with E-state index in [1.54, 1.807) is 0 Å². The Labute approximate surface area is 233 Å². The normalized spacial score (nSPS) is 12.9. The third kappa shape index (κ3) is 21.9. The molecule has 0 aromatic rings. The fraction of sp³-hybridized carbons (Fsp3) is 0.900. The molecule has 0 aliphatic carbocycles. The summed E-state index contributed by atoms with van der Waals surface area (Å²) in [6.45, 7) is 19.6. The first-order chi connectivity index (χ1) is 16.8. The molecule has 0 spiro atoms. The molecule has 0 saturated heterocycles. The molecule has 0 radical (unpaired) electrons. The molecule has 0 aliphatic heterocycles. The van der Waals surface area contributed by atoms with Crippen LogP contribution in [0.15, 0.2) is 0 Å². The molecule has 217 valence electrons. The van der Waals surface area contributed by atoms with Gasteiger partial charge in [0.25, 0.3) is 0 Å². The molecule has 0 heterocycles. The van der Waals surface area contributed by atoms with E-state index in [4.69, 9.17) is 5.63 Å². The Morgan fingerprint density at radius 3 is 1.08 bits per heavy atom. The topological polar surface area (TPSA) is 86.7 Å². The zero-order valence-corrected chi connectivity index (χ0v) is 28.0. The average molecular weight is 605 g/mol. The van der Waals surface area contributed by atoms with Crippen molar-refractivity contribution in [2.24, 2.45) is 16.2 Å². The van der Waals surface area contributed by atoms with Crippen LogP contribution in [-0.2, 0) is 44.0 Å². The Balaban J connectivity index is 4.89. The van der Waals surface area contributed by atoms with Crippen LogP contribution in [0.4, 0.5) is 0 Å². The zero-order valence-electron chi connectivity index (χ0n) is 25.6. The Hall–Kier alpha value is -0.707. The van der Waals surface area contributed by atoms with E-state index in [-0.39, 0.29) is 35.5 Å². The van der Waals surface area contributed by atoms with E-state index < -0.39 is 36.6 Å². The minimum atomic E-state index is -5.77. The number of carbonyl (C=O) groups is 3. The van der Waals surface area contributed by atoms with Crippen LogP contribution >= 0.6 is 0 Å². The molecule has 0 aromatic heterocycles. The van der Waals surface area contributed by atoms with Gasteiger partial charge in [0.05, 0.1) is 0 Å². The Morgan fingerprint density at radius 2 is 0.784 bits per heavy atom. The van der Waals surface area contributed by atoms with Crippen molar-refractivity contribution < 1.29 is 44.0 Å². The van der Waals surface area contributed by atoms with Gasteiger partial charge in [-0.25, -0.2) is 0 Å². The van der Waals surface area contributed by atoms with Crippen LogP contribution in [0.5, 0.6) is 0 Å². The number of hydrogen-bond donors (Lipinski definition) is 0. The summed E-state index contributed by atoms with van der Waals surface area (Å²) >= 11 is -5.77. The summed E-state index contributed by atoms with van der Waals surface area (Å²) in [5, 5.41) is 0. The molecule has 37 heavy (non-hydrogen) atoms. The van der Waals surface area contributed by atoms with Crippen LogP contribution in [0.2, 0.25) is 0 Å². The van der Waals surface area contributed by atoms with Gasteiger partial charge in [0.2, 0.25) is 0 Å². The van der Waals surface area contributed by atoms with E-state index >= 15 is 0 Å². The van der Waals surface area contributed by atoms with Crippen LogP contribution < -0.4 is 0 Å². The van der Waals surface area contributed by atoms with Gasteiger partial charge in [-0.1, -0.05) is 0 Å². The van der Waals surface area contributed by atoms with E-state index in [9.17, 15) is 17.2 Å². The van der Waals surface area contributed by atoms with E-state index in [1.165, 1.54) is 0 Å². The fourth-order valence-electron chi connectivity index (χ4n) is 4.01. The zero-order chi connectivity index (χ0) is 28.8. The van der Waals surface area contributed by atoms with E-state index in [0.29, 0.717) is 19.3 Å². The summed E-state index contributed by atoms with van der Waals surface area (Å²) in [5.41, 5.74) is 0.694. The summed E-state index contributed by atoms with van der Waals surface area (Å²) in [5.74, 6) is -1.39. The molecule has 6 nitrogen and oxygen atoms in total. The molecular formula is C30H57O6Zr. The standard InChI is InChI=1S/2C10H20O2.C10H19O.O.Zr/c2*1-10(2,3)8-6-4-5-7-9(11)12;1-10(2,3)8-6-4-5-7-9-11;;/h2*4-8H2,1-3H3,(H,11,12);4-8H2,1-3H3;;/q;;;;+2/p-2. The summed E-state index contributed by atoms with van der Waals surface area (Å²) in [6.07, 6.45) is 10.5. The molecule has 0 fully saturated rings. The Kier molecular flexibility index (Phi) is 16.8. The molecule has 0 aliphatic rings. The van der Waals surface area contributed by atoms with Crippen molar-refractivity contribution in [3.05, 3.63) is 0 Å². The van der Waals surface area contributed by atoms with Gasteiger partial charge in [-0.3, -0.25) is 0 Å². The molecule has 7 heteroatoms. The first kappa shape index (κ1) is 36.3. The second kappa shape index (κ2) is 17.1. The molecule has 0 rings (SSSR count). The van der Waals surface area contributed by atoms with E-state index in [0.717, 1.165) is 57.8 Å². The summed E-state index contributed by atoms with van der Waals surface area (Å²) in [7, 11) is 0. The summed E-state index contributed by atoms with van der Waals surface area (Å²) in [6, 6.07) is 0. The predicted molar refractivity (Wildman–Crippen MR) is 145 cm³/mol. The second-order valence-electron chi connectivity index (χ2n) is 14.3. The van der Waals surface area contributed by atoms with Crippen molar-refractivity contribution in [3.63, 3.8) is 0 Å². The Bertz CT molecular complexity index is 695. The quantitative estimate of drug-likeness (QED) is 0.145. The van der Waals surface area contributed by atoms with Crippen LogP contribution in [0, 0.1) is 16.2 Å². The molecule has 0 bridgehead atoms. The van der Waals surface area contributed by atoms with Gasteiger partial charge >= 0.3 is 234 Å². The molecule has 0 N–H and O–H groups in total. The first-order valence-electron chi connectivity index (χ1n) is 14.5. The van der Waals surface area contributed by atoms with Crippen LogP contribution in [0.3, 0.4) is 0 Å². The monoisotopic (exact) mass is 603 g/mol. The van der Waals surface area contributed by atoms with Gasteiger partial charge in [-0.2, -0.15) is 0 Å². The van der Waals surface area contributed by atoms with Crippen molar-refractivity contribution in [2.75, 3.05) is 0 Å². The maximum absolute atomic E-state index is 13.5. The van der Waals surface area contributed by atoms with Crippen LogP contribution in [0.1, 0.15) is 159 Å². The Morgan fingerprint density at radius 1 is 0.486 bits per heavy atom. The molecule has 0 saturated carbocycles. The van der Waals surface area contributed by atoms with Crippen LogP contribution in [-0.4, -0.2) is 15.4 Å². The third-order valence-corrected chi connectivity index (χ3v) is 11.0. The summed E-state index contributed by atoms with van der Waals surface area (Å²) in [4.78, 5) is 37.8. The van der Waals surface area contributed by atoms with Crippen molar-refractivity contribution >= 4 is 15.4 Å². The SMILES string of the molecule is CC(C)(C)CCCCCC(=O)[O][Zr](=[O])([O]C(=O)CCCCCC(C)(C)C)[C](=O)CCCCCC(C)(C)C. The average Bonchev–Trinajstić information content (AvgIpc) is 2.70. The van der Waals surface area contributed by atoms with Crippen molar-refractivity contribution in [3.8, 4) is 0 Å². The number of rotatable bonds is 18. The maximum atomic E-state index is 13.5. The number of unbranched alkanes of at least 4 members (excludes halogenated alkanes) is 6. The van der Waals surface area contributed by atoms with Crippen LogP contribution in [0.25, 0.3) is 0 Å². The van der Waals surface area contributed by atoms with E-state index in [1.807, 2.05) is 0 Å². The van der Waals surface area contributed by atoms with Crippen molar-refractivity contribution in [1.82, 2.24) is 0 Å². The van der Waals surface area contributed by atoms with Crippen molar-refractivity contribution in [1.29, 1.82) is 0 Å². The molecule has 0 amide bonds. The second-order valence-corrected chi connectivity index (χ2v) is 19.4. The number of hydrogen-bond acceptors (Lipinski definition) is 6. The molecule has 0 unspecified atom stereocenters. The van der Waals surface area contributed by atoms with Gasteiger partial charge in [0, 0.05) is 0 Å². The molecule has 0 atom stereocenters. The third-order valence-electron chi connectivity index (χ3n) is 6.28. The van der Waals surface area contributed by atoms with E-state index in [2.05, 4.69) is 62.3 Å². The van der Waals surface area contributed by atoms with Gasteiger partial charge in [-0.05, 0) is 0 Å². The van der Waals surface area contributed by atoms with Gasteiger partial charge in [-0.15, -0.1) is 0 Å². The first-order valence-corrected chi connectivity index (χ1v) is 18.7. The predicted octanol–water partition coefficient (Wildman–Crippen LogP) is 8.92. The van der Waals surface area contributed by atoms with Crippen molar-refractivity contribution in [2.45, 2.75) is 159 Å². The molecule has 0 aromatic carbocycles. The minimum absolute atomic E-state index is 0.0153. The summed E-state index contributed by atoms with van der Waals surface area (Å²) < 4.78 is 23.2.